The first-order chi connectivity index (χ1) is 16.3. The quantitative estimate of drug-likeness (QED) is 0.228. The zero-order valence-electron chi connectivity index (χ0n) is 21.1. The second kappa shape index (κ2) is 13.8. The predicted molar refractivity (Wildman–Crippen MR) is 138 cm³/mol. The Labute approximate surface area is 204 Å². The SMILES string of the molecule is CCCOP(=O)(OCCC)C(Cc1cc(C)c(O)c2ccccc12)P(=O)(OCCC)OCCC. The summed E-state index contributed by atoms with van der Waals surface area (Å²) in [6.45, 7) is 10.3. The number of fused-ring (bicyclic) bond motifs is 1. The van der Waals surface area contributed by atoms with Crippen molar-refractivity contribution in [2.45, 2.75) is 72.1 Å². The number of phenols is 1. The highest BCUT2D eigenvalue weighted by Crippen LogP contribution is 2.71. The fraction of sp³-hybridized carbons (Fsp3) is 0.600. The maximum Gasteiger partial charge on any atom is 0.346 e. The summed E-state index contributed by atoms with van der Waals surface area (Å²) in [6.07, 6.45) is 2.61. The molecule has 0 aliphatic carbocycles. The standard InChI is InChI=1S/C25H40O7P2/c1-6-14-29-33(27,30-15-7-2)24(34(28,31-16-8-3)32-17-9-4)19-21-18-20(5)25(26)23-13-11-10-12-22(21)23/h10-13,18,24,26H,6-9,14-17,19H2,1-5H3. The molecule has 1 N–H and O–H groups in total. The maximum atomic E-state index is 14.3. The van der Waals surface area contributed by atoms with Gasteiger partial charge in [-0.2, -0.15) is 0 Å². The number of benzene rings is 2. The van der Waals surface area contributed by atoms with Crippen LogP contribution in [0.15, 0.2) is 30.3 Å². The normalized spacial score (nSPS) is 12.6. The van der Waals surface area contributed by atoms with Crippen molar-refractivity contribution in [3.63, 3.8) is 0 Å². The van der Waals surface area contributed by atoms with E-state index < -0.39 is 20.6 Å². The van der Waals surface area contributed by atoms with E-state index in [9.17, 15) is 14.2 Å². The lowest BCUT2D eigenvalue weighted by molar-refractivity contribution is 0.180. The van der Waals surface area contributed by atoms with Gasteiger partial charge in [0.1, 0.15) is 5.75 Å². The molecule has 0 heterocycles. The van der Waals surface area contributed by atoms with Crippen LogP contribution in [0.25, 0.3) is 10.8 Å². The van der Waals surface area contributed by atoms with Crippen LogP contribution >= 0.6 is 15.2 Å². The number of rotatable bonds is 16. The van der Waals surface area contributed by atoms with Gasteiger partial charge in [0.05, 0.1) is 26.4 Å². The van der Waals surface area contributed by atoms with Crippen LogP contribution in [-0.4, -0.2) is 36.9 Å². The molecule has 0 aromatic heterocycles. The van der Waals surface area contributed by atoms with Crippen molar-refractivity contribution < 1.29 is 32.3 Å². The van der Waals surface area contributed by atoms with E-state index in [0.29, 0.717) is 36.6 Å². The van der Waals surface area contributed by atoms with Gasteiger partial charge >= 0.3 is 15.2 Å². The molecule has 2 rings (SSSR count). The Morgan fingerprint density at radius 2 is 1.18 bits per heavy atom. The maximum absolute atomic E-state index is 14.3. The number of hydrogen-bond donors (Lipinski definition) is 1. The minimum atomic E-state index is -3.91. The van der Waals surface area contributed by atoms with E-state index in [1.54, 1.807) is 0 Å². The van der Waals surface area contributed by atoms with Gasteiger partial charge < -0.3 is 23.2 Å². The van der Waals surface area contributed by atoms with Crippen LogP contribution in [0.3, 0.4) is 0 Å². The lowest BCUT2D eigenvalue weighted by Gasteiger charge is -2.32. The zero-order valence-corrected chi connectivity index (χ0v) is 22.9. The molecule has 0 saturated heterocycles. The van der Waals surface area contributed by atoms with Crippen LogP contribution in [0, 0.1) is 6.92 Å². The Hall–Kier alpha value is -1.20. The van der Waals surface area contributed by atoms with Gasteiger partial charge in [-0.15, -0.1) is 0 Å². The highest BCUT2D eigenvalue weighted by Gasteiger charge is 2.51. The minimum Gasteiger partial charge on any atom is -0.507 e. The van der Waals surface area contributed by atoms with Gasteiger partial charge in [0, 0.05) is 5.39 Å². The van der Waals surface area contributed by atoms with E-state index in [1.165, 1.54) is 0 Å². The van der Waals surface area contributed by atoms with Gasteiger partial charge in [0.2, 0.25) is 0 Å². The van der Waals surface area contributed by atoms with E-state index in [-0.39, 0.29) is 38.6 Å². The van der Waals surface area contributed by atoms with Crippen molar-refractivity contribution in [2.75, 3.05) is 26.4 Å². The third-order valence-electron chi connectivity index (χ3n) is 5.33. The molecule has 0 amide bonds. The Morgan fingerprint density at radius 1 is 0.765 bits per heavy atom. The molecule has 7 nitrogen and oxygen atoms in total. The Bertz CT molecular complexity index is 950. The Morgan fingerprint density at radius 3 is 1.59 bits per heavy atom. The molecule has 0 aliphatic rings. The molecular formula is C25H40O7P2. The summed E-state index contributed by atoms with van der Waals surface area (Å²) in [7, 11) is -7.82. The fourth-order valence-electron chi connectivity index (χ4n) is 3.64. The molecule has 2 aromatic rings. The van der Waals surface area contributed by atoms with Crippen molar-refractivity contribution in [2.24, 2.45) is 0 Å². The largest absolute Gasteiger partial charge is 0.507 e. The van der Waals surface area contributed by atoms with Gasteiger partial charge in [-0.05, 0) is 55.5 Å². The van der Waals surface area contributed by atoms with E-state index in [1.807, 2.05) is 65.0 Å². The summed E-state index contributed by atoms with van der Waals surface area (Å²) in [5, 5.41) is 10.9. The van der Waals surface area contributed by atoms with Crippen molar-refractivity contribution in [3.05, 3.63) is 41.5 Å². The summed E-state index contributed by atoms with van der Waals surface area (Å²) < 4.78 is 51.9. The Balaban J connectivity index is 2.69. The monoisotopic (exact) mass is 514 g/mol. The molecule has 0 spiro atoms. The van der Waals surface area contributed by atoms with Crippen molar-refractivity contribution in [1.29, 1.82) is 0 Å². The van der Waals surface area contributed by atoms with Crippen LogP contribution in [-0.2, 0) is 33.6 Å². The summed E-state index contributed by atoms with van der Waals surface area (Å²) >= 11 is 0. The van der Waals surface area contributed by atoms with Gasteiger partial charge in [0.15, 0.2) is 5.40 Å². The number of phenolic OH excluding ortho intramolecular Hbond substituents is 1. The summed E-state index contributed by atoms with van der Waals surface area (Å²) in [5.74, 6) is 0.191. The molecule has 0 aliphatic heterocycles. The van der Waals surface area contributed by atoms with Gasteiger partial charge in [-0.1, -0.05) is 58.0 Å². The van der Waals surface area contributed by atoms with Crippen LogP contribution in [0.1, 0.15) is 64.5 Å². The van der Waals surface area contributed by atoms with Crippen molar-refractivity contribution >= 4 is 26.0 Å². The first-order valence-corrected chi connectivity index (χ1v) is 15.5. The van der Waals surface area contributed by atoms with Crippen LogP contribution < -0.4 is 0 Å². The zero-order chi connectivity index (χ0) is 25.2. The average Bonchev–Trinajstić information content (AvgIpc) is 2.85. The van der Waals surface area contributed by atoms with Gasteiger partial charge in [0.25, 0.3) is 0 Å². The fourth-order valence-corrected chi connectivity index (χ4v) is 9.26. The molecular weight excluding hydrogens is 474 g/mol. The number of aromatic hydroxyl groups is 1. The minimum absolute atomic E-state index is 0.0943. The number of hydrogen-bond acceptors (Lipinski definition) is 7. The van der Waals surface area contributed by atoms with Crippen LogP contribution in [0.2, 0.25) is 0 Å². The molecule has 0 unspecified atom stereocenters. The molecule has 0 bridgehead atoms. The molecule has 34 heavy (non-hydrogen) atoms. The third-order valence-corrected chi connectivity index (χ3v) is 11.0. The molecule has 2 aromatic carbocycles. The molecule has 0 saturated carbocycles. The third kappa shape index (κ3) is 7.16. The van der Waals surface area contributed by atoms with Crippen molar-refractivity contribution in [1.82, 2.24) is 0 Å². The lowest BCUT2D eigenvalue weighted by Crippen LogP contribution is -2.21. The molecule has 192 valence electrons. The smallest absolute Gasteiger partial charge is 0.346 e. The van der Waals surface area contributed by atoms with Crippen LogP contribution in [0.5, 0.6) is 5.75 Å². The molecule has 0 radical (unpaired) electrons. The first kappa shape index (κ1) is 29.0. The molecule has 0 fully saturated rings. The number of aryl methyl sites for hydroxylation is 1. The van der Waals surface area contributed by atoms with Gasteiger partial charge in [-0.25, -0.2) is 0 Å². The van der Waals surface area contributed by atoms with Crippen LogP contribution in [0.4, 0.5) is 0 Å². The summed E-state index contributed by atoms with van der Waals surface area (Å²) in [6, 6.07) is 9.27. The van der Waals surface area contributed by atoms with E-state index in [0.717, 1.165) is 10.9 Å². The average molecular weight is 515 g/mol. The van der Waals surface area contributed by atoms with Crippen molar-refractivity contribution in [3.8, 4) is 5.75 Å². The highest BCUT2D eigenvalue weighted by molar-refractivity contribution is 7.72. The highest BCUT2D eigenvalue weighted by atomic mass is 31.2. The first-order valence-electron chi connectivity index (χ1n) is 12.2. The Kier molecular flexibility index (Phi) is 11.8. The summed E-state index contributed by atoms with van der Waals surface area (Å²) in [4.78, 5) is 0. The topological polar surface area (TPSA) is 91.3 Å². The molecule has 9 heteroatoms. The second-order valence-corrected chi connectivity index (χ2v) is 13.2. The van der Waals surface area contributed by atoms with Gasteiger partial charge in [-0.3, -0.25) is 9.13 Å². The lowest BCUT2D eigenvalue weighted by atomic mass is 9.98. The van der Waals surface area contributed by atoms with E-state index >= 15 is 0 Å². The summed E-state index contributed by atoms with van der Waals surface area (Å²) in [5.41, 5.74) is 1.45. The van der Waals surface area contributed by atoms with E-state index in [4.69, 9.17) is 18.1 Å². The predicted octanol–water partition coefficient (Wildman–Crippen LogP) is 7.82. The van der Waals surface area contributed by atoms with E-state index in [2.05, 4.69) is 0 Å². The molecule has 0 atom stereocenters. The second-order valence-electron chi connectivity index (χ2n) is 8.34.